The van der Waals surface area contributed by atoms with Crippen molar-refractivity contribution < 1.29 is 19.4 Å². The molecule has 3 aromatic rings. The number of nitrogens with zero attached hydrogens (tertiary/aromatic N) is 1. The van der Waals surface area contributed by atoms with E-state index in [1.165, 1.54) is 24.6 Å². The number of benzene rings is 2. The van der Waals surface area contributed by atoms with E-state index in [1.54, 1.807) is 7.11 Å². The van der Waals surface area contributed by atoms with Crippen molar-refractivity contribution in [1.82, 2.24) is 9.88 Å². The lowest BCUT2D eigenvalue weighted by Crippen LogP contribution is -2.46. The van der Waals surface area contributed by atoms with Gasteiger partial charge in [-0.15, -0.1) is 0 Å². The summed E-state index contributed by atoms with van der Waals surface area (Å²) in [5.74, 6) is 0.251. The first-order valence-electron chi connectivity index (χ1n) is 12.0. The summed E-state index contributed by atoms with van der Waals surface area (Å²) < 4.78 is 11.2. The molecule has 2 aliphatic rings. The van der Waals surface area contributed by atoms with Crippen LogP contribution in [-0.2, 0) is 16.0 Å². The van der Waals surface area contributed by atoms with Crippen LogP contribution < -0.4 is 4.74 Å². The number of H-pyrrole nitrogens is 1. The molecule has 2 N–H and O–H groups in total. The highest BCUT2D eigenvalue weighted by Gasteiger charge is 2.42. The van der Waals surface area contributed by atoms with Crippen molar-refractivity contribution in [3.63, 3.8) is 0 Å². The Hall–Kier alpha value is -3.25. The molecule has 0 radical (unpaired) electrons. The molecule has 2 aliphatic heterocycles. The van der Waals surface area contributed by atoms with Crippen molar-refractivity contribution >= 4 is 16.9 Å². The van der Waals surface area contributed by atoms with Crippen LogP contribution in [0.1, 0.15) is 37.1 Å². The number of fused-ring (bicyclic) bond motifs is 5. The average Bonchev–Trinajstić information content (AvgIpc) is 3.25. The van der Waals surface area contributed by atoms with Gasteiger partial charge in [-0.1, -0.05) is 43.7 Å². The minimum atomic E-state index is -0.888. The SMILES string of the molecule is CC[C@@H]1CN2CCc3c([nH]c4ccc(-c5ccccc5)c(OC)c34)C2C[C@@H]1/C(=C\OC)C(=O)O. The number of hydrogen-bond acceptors (Lipinski definition) is 4. The summed E-state index contributed by atoms with van der Waals surface area (Å²) in [5.41, 5.74) is 6.17. The number of rotatable bonds is 6. The Morgan fingerprint density at radius 3 is 2.68 bits per heavy atom. The largest absolute Gasteiger partial charge is 0.504 e. The Bertz CT molecular complexity index is 1230. The normalized spacial score (nSPS) is 22.8. The van der Waals surface area contributed by atoms with Crippen molar-refractivity contribution in [2.24, 2.45) is 11.8 Å². The molecule has 5 rings (SSSR count). The molecule has 3 atom stereocenters. The second-order valence-corrected chi connectivity index (χ2v) is 9.34. The third-order valence-electron chi connectivity index (χ3n) is 7.70. The standard InChI is InChI=1S/C28H32N2O4/c1-4-17-15-30-13-12-20-25-23(11-10-19(27(25)34-3)18-8-6-5-7-9-18)29-26(20)24(30)14-21(17)22(16-33-2)28(31)32/h5-11,16-17,21,24,29H,4,12-15H2,1-3H3,(H,31,32)/b22-16+/t17-,21+,24?/m1/s1. The van der Waals surface area contributed by atoms with Crippen LogP contribution in [0, 0.1) is 11.8 Å². The summed E-state index contributed by atoms with van der Waals surface area (Å²) in [6.45, 7) is 4.00. The minimum Gasteiger partial charge on any atom is -0.504 e. The van der Waals surface area contributed by atoms with Crippen LogP contribution in [0.2, 0.25) is 0 Å². The fourth-order valence-corrected chi connectivity index (χ4v) is 6.10. The van der Waals surface area contributed by atoms with Crippen LogP contribution in [0.4, 0.5) is 0 Å². The van der Waals surface area contributed by atoms with Crippen LogP contribution in [0.25, 0.3) is 22.0 Å². The Balaban J connectivity index is 1.60. The summed E-state index contributed by atoms with van der Waals surface area (Å²) in [6.07, 6.45) is 4.07. The number of aromatic nitrogens is 1. The van der Waals surface area contributed by atoms with E-state index in [0.29, 0.717) is 11.5 Å². The lowest BCUT2D eigenvalue weighted by molar-refractivity contribution is -0.134. The third kappa shape index (κ3) is 3.66. The van der Waals surface area contributed by atoms with Crippen molar-refractivity contribution in [3.05, 3.63) is 65.6 Å². The van der Waals surface area contributed by atoms with E-state index in [4.69, 9.17) is 9.47 Å². The molecule has 0 aliphatic carbocycles. The Morgan fingerprint density at radius 2 is 2.00 bits per heavy atom. The van der Waals surface area contributed by atoms with Gasteiger partial charge >= 0.3 is 5.97 Å². The Kier molecular flexibility index (Phi) is 6.09. The number of hydrogen-bond donors (Lipinski definition) is 2. The fourth-order valence-electron chi connectivity index (χ4n) is 6.10. The van der Waals surface area contributed by atoms with Crippen molar-refractivity contribution in [2.45, 2.75) is 32.2 Å². The van der Waals surface area contributed by atoms with Gasteiger partial charge in [0, 0.05) is 35.2 Å². The lowest BCUT2D eigenvalue weighted by atomic mass is 9.74. The maximum atomic E-state index is 12.1. The monoisotopic (exact) mass is 460 g/mol. The highest BCUT2D eigenvalue weighted by Crippen LogP contribution is 2.48. The molecule has 0 amide bonds. The van der Waals surface area contributed by atoms with E-state index < -0.39 is 5.97 Å². The predicted molar refractivity (Wildman–Crippen MR) is 133 cm³/mol. The predicted octanol–water partition coefficient (Wildman–Crippen LogP) is 5.40. The number of carboxylic acids is 1. The zero-order valence-corrected chi connectivity index (χ0v) is 20.0. The average molecular weight is 461 g/mol. The molecule has 1 saturated heterocycles. The van der Waals surface area contributed by atoms with Crippen LogP contribution in [-0.4, -0.2) is 48.3 Å². The second-order valence-electron chi connectivity index (χ2n) is 9.34. The maximum Gasteiger partial charge on any atom is 0.334 e. The van der Waals surface area contributed by atoms with Gasteiger partial charge in [-0.2, -0.15) is 0 Å². The molecule has 1 aromatic heterocycles. The van der Waals surface area contributed by atoms with Gasteiger partial charge in [-0.05, 0) is 47.9 Å². The molecule has 6 heteroatoms. The zero-order valence-electron chi connectivity index (χ0n) is 20.0. The van der Waals surface area contributed by atoms with Gasteiger partial charge in [-0.3, -0.25) is 4.90 Å². The van der Waals surface area contributed by atoms with E-state index >= 15 is 0 Å². The van der Waals surface area contributed by atoms with Crippen molar-refractivity contribution in [1.29, 1.82) is 0 Å². The Morgan fingerprint density at radius 1 is 1.21 bits per heavy atom. The van der Waals surface area contributed by atoms with E-state index in [1.807, 2.05) is 18.2 Å². The van der Waals surface area contributed by atoms with Gasteiger partial charge in [0.1, 0.15) is 5.75 Å². The van der Waals surface area contributed by atoms with Crippen molar-refractivity contribution in [2.75, 3.05) is 27.3 Å². The molecule has 2 aromatic carbocycles. The number of piperidine rings is 1. The molecule has 178 valence electrons. The first-order valence-corrected chi connectivity index (χ1v) is 12.0. The molecular formula is C28H32N2O4. The molecule has 1 fully saturated rings. The van der Waals surface area contributed by atoms with Gasteiger partial charge in [0.2, 0.25) is 0 Å². The smallest absolute Gasteiger partial charge is 0.334 e. The molecule has 6 nitrogen and oxygen atoms in total. The second kappa shape index (κ2) is 9.18. The number of aliphatic carboxylic acids is 1. The summed E-state index contributed by atoms with van der Waals surface area (Å²) in [5, 5.41) is 11.0. The van der Waals surface area contributed by atoms with Gasteiger partial charge in [0.15, 0.2) is 0 Å². The molecule has 3 heterocycles. The van der Waals surface area contributed by atoms with Crippen LogP contribution >= 0.6 is 0 Å². The van der Waals surface area contributed by atoms with Gasteiger partial charge < -0.3 is 19.6 Å². The fraction of sp³-hybridized carbons (Fsp3) is 0.393. The maximum absolute atomic E-state index is 12.1. The summed E-state index contributed by atoms with van der Waals surface area (Å²) in [4.78, 5) is 18.3. The van der Waals surface area contributed by atoms with Gasteiger partial charge in [0.05, 0.1) is 32.1 Å². The summed E-state index contributed by atoms with van der Waals surface area (Å²) >= 11 is 0. The highest BCUT2D eigenvalue weighted by atomic mass is 16.5. The molecule has 0 saturated carbocycles. The number of ether oxygens (including phenoxy) is 2. The number of nitrogens with one attached hydrogen (secondary N) is 1. The summed E-state index contributed by atoms with van der Waals surface area (Å²) in [6, 6.07) is 14.7. The van der Waals surface area contributed by atoms with E-state index in [0.717, 1.165) is 60.1 Å². The third-order valence-corrected chi connectivity index (χ3v) is 7.70. The van der Waals surface area contributed by atoms with Gasteiger partial charge in [0.25, 0.3) is 0 Å². The topological polar surface area (TPSA) is 74.8 Å². The first kappa shape index (κ1) is 22.5. The molecule has 34 heavy (non-hydrogen) atoms. The van der Waals surface area contributed by atoms with E-state index in [9.17, 15) is 9.90 Å². The molecule has 0 spiro atoms. The first-order chi connectivity index (χ1) is 16.6. The van der Waals surface area contributed by atoms with Crippen molar-refractivity contribution in [3.8, 4) is 16.9 Å². The molecule has 1 unspecified atom stereocenters. The number of methoxy groups -OCH3 is 2. The minimum absolute atomic E-state index is 0.0529. The molecule has 0 bridgehead atoms. The zero-order chi connectivity index (χ0) is 23.8. The number of aromatic amines is 1. The summed E-state index contributed by atoms with van der Waals surface area (Å²) in [7, 11) is 3.26. The molecular weight excluding hydrogens is 428 g/mol. The number of carbonyl (C=O) groups is 1. The van der Waals surface area contributed by atoms with Crippen LogP contribution in [0.3, 0.4) is 0 Å². The van der Waals surface area contributed by atoms with Gasteiger partial charge in [-0.25, -0.2) is 4.79 Å². The van der Waals surface area contributed by atoms with Crippen LogP contribution in [0.15, 0.2) is 54.3 Å². The lowest BCUT2D eigenvalue weighted by Gasteiger charge is -2.46. The van der Waals surface area contributed by atoms with Crippen LogP contribution in [0.5, 0.6) is 5.75 Å². The Labute approximate surface area is 200 Å². The number of carboxylic acid groups (broad SMARTS) is 1. The quantitative estimate of drug-likeness (QED) is 0.380. The van der Waals surface area contributed by atoms with E-state index in [-0.39, 0.29) is 12.0 Å². The highest BCUT2D eigenvalue weighted by molar-refractivity contribution is 5.97. The van der Waals surface area contributed by atoms with E-state index in [2.05, 4.69) is 41.1 Å².